The molecule has 1 aromatic heterocycles. The second-order valence-electron chi connectivity index (χ2n) is 3.16. The normalized spacial score (nSPS) is 14.9. The Kier molecular flexibility index (Phi) is 3.64. The molecule has 8 heteroatoms. The summed E-state index contributed by atoms with van der Waals surface area (Å²) in [5.41, 5.74) is 0. The van der Waals surface area contributed by atoms with E-state index in [0.717, 1.165) is 11.8 Å². The van der Waals surface area contributed by atoms with E-state index in [4.69, 9.17) is 9.84 Å². The average Bonchev–Trinajstić information content (AvgIpc) is 2.52. The number of ether oxygens (including phenoxy) is 1. The van der Waals surface area contributed by atoms with Crippen LogP contribution >= 0.6 is 11.8 Å². The molecular weight excluding hydrogens is 220 g/mol. The molecule has 0 spiro atoms. The van der Waals surface area contributed by atoms with E-state index in [1.54, 1.807) is 14.0 Å². The van der Waals surface area contributed by atoms with Gasteiger partial charge in [-0.1, -0.05) is 11.8 Å². The van der Waals surface area contributed by atoms with Crippen molar-refractivity contribution in [2.24, 2.45) is 7.05 Å². The molecule has 1 heterocycles. The Labute approximate surface area is 90.8 Å². The molecule has 7 nitrogen and oxygen atoms in total. The van der Waals surface area contributed by atoms with Crippen molar-refractivity contribution in [1.82, 2.24) is 20.2 Å². The van der Waals surface area contributed by atoms with E-state index in [1.165, 1.54) is 11.8 Å². The molecule has 0 aliphatic carbocycles. The highest BCUT2D eigenvalue weighted by atomic mass is 32.2. The molecular formula is C7H12N4O3S. The van der Waals surface area contributed by atoms with Gasteiger partial charge in [-0.25, -0.2) is 4.68 Å². The molecule has 84 valence electrons. The SMILES string of the molecule is COCC(C)(Sc1nnnn1C)C(=O)O. The third kappa shape index (κ3) is 2.66. The number of thioether (sulfide) groups is 1. The van der Waals surface area contributed by atoms with Gasteiger partial charge in [-0.15, -0.1) is 5.10 Å². The maximum atomic E-state index is 11.1. The highest BCUT2D eigenvalue weighted by molar-refractivity contribution is 8.01. The number of hydrogen-bond donors (Lipinski definition) is 1. The van der Waals surface area contributed by atoms with E-state index in [1.807, 2.05) is 0 Å². The summed E-state index contributed by atoms with van der Waals surface area (Å²) in [6.45, 7) is 1.65. The maximum absolute atomic E-state index is 11.1. The summed E-state index contributed by atoms with van der Waals surface area (Å²) in [6, 6.07) is 0. The first-order valence-electron chi connectivity index (χ1n) is 4.13. The van der Waals surface area contributed by atoms with Gasteiger partial charge >= 0.3 is 5.97 Å². The minimum atomic E-state index is -1.09. The monoisotopic (exact) mass is 232 g/mol. The number of aryl methyl sites for hydroxylation is 1. The molecule has 0 saturated carbocycles. The number of carboxylic acids is 1. The van der Waals surface area contributed by atoms with Gasteiger partial charge in [-0.3, -0.25) is 4.79 Å². The number of methoxy groups -OCH3 is 1. The molecule has 0 bridgehead atoms. The lowest BCUT2D eigenvalue weighted by Gasteiger charge is -2.21. The van der Waals surface area contributed by atoms with E-state index in [9.17, 15) is 4.79 Å². The number of aliphatic carboxylic acids is 1. The lowest BCUT2D eigenvalue weighted by Crippen LogP contribution is -2.36. The molecule has 0 saturated heterocycles. The van der Waals surface area contributed by atoms with Gasteiger partial charge in [0, 0.05) is 14.2 Å². The Morgan fingerprint density at radius 1 is 1.73 bits per heavy atom. The summed E-state index contributed by atoms with van der Waals surface area (Å²) in [4.78, 5) is 11.1. The fourth-order valence-electron chi connectivity index (χ4n) is 0.919. The van der Waals surface area contributed by atoms with Gasteiger partial charge in [-0.05, 0) is 17.4 Å². The summed E-state index contributed by atoms with van der Waals surface area (Å²) >= 11 is 1.06. The summed E-state index contributed by atoms with van der Waals surface area (Å²) < 4.78 is 5.21. The molecule has 1 unspecified atom stereocenters. The number of hydrogen-bond acceptors (Lipinski definition) is 6. The van der Waals surface area contributed by atoms with Crippen LogP contribution in [0.3, 0.4) is 0 Å². The number of rotatable bonds is 5. The lowest BCUT2D eigenvalue weighted by molar-refractivity contribution is -0.140. The third-order valence-electron chi connectivity index (χ3n) is 1.77. The van der Waals surface area contributed by atoms with E-state index < -0.39 is 10.7 Å². The smallest absolute Gasteiger partial charge is 0.322 e. The molecule has 0 aliphatic heterocycles. The fourth-order valence-corrected chi connectivity index (χ4v) is 1.83. The van der Waals surface area contributed by atoms with Crippen molar-refractivity contribution < 1.29 is 14.6 Å². The van der Waals surface area contributed by atoms with Crippen molar-refractivity contribution >= 4 is 17.7 Å². The Morgan fingerprint density at radius 3 is 2.80 bits per heavy atom. The van der Waals surface area contributed by atoms with Crippen molar-refractivity contribution in [1.29, 1.82) is 0 Å². The molecule has 1 aromatic rings. The first kappa shape index (κ1) is 11.9. The molecule has 0 aliphatic rings. The van der Waals surface area contributed by atoms with Crippen LogP contribution in [0.15, 0.2) is 5.16 Å². The molecule has 0 radical (unpaired) electrons. The third-order valence-corrected chi connectivity index (χ3v) is 3.04. The topological polar surface area (TPSA) is 90.1 Å². The van der Waals surface area contributed by atoms with Crippen molar-refractivity contribution in [2.75, 3.05) is 13.7 Å². The summed E-state index contributed by atoms with van der Waals surface area (Å²) in [5, 5.41) is 20.3. The first-order chi connectivity index (χ1) is 6.99. The Morgan fingerprint density at radius 2 is 2.40 bits per heavy atom. The summed E-state index contributed by atoms with van der Waals surface area (Å²) in [5.74, 6) is -0.961. The maximum Gasteiger partial charge on any atom is 0.322 e. The van der Waals surface area contributed by atoms with Gasteiger partial charge in [0.15, 0.2) is 0 Å². The van der Waals surface area contributed by atoms with Crippen LogP contribution in [0.4, 0.5) is 0 Å². The molecule has 1 atom stereocenters. The predicted molar refractivity (Wildman–Crippen MR) is 52.6 cm³/mol. The second-order valence-corrected chi connectivity index (χ2v) is 4.63. The molecule has 1 rings (SSSR count). The number of carbonyl (C=O) groups is 1. The van der Waals surface area contributed by atoms with E-state index in [0.29, 0.717) is 5.16 Å². The molecule has 0 fully saturated rings. The second kappa shape index (κ2) is 4.58. The largest absolute Gasteiger partial charge is 0.480 e. The van der Waals surface area contributed by atoms with Crippen LogP contribution < -0.4 is 0 Å². The first-order valence-corrected chi connectivity index (χ1v) is 4.95. The van der Waals surface area contributed by atoms with Crippen LogP contribution in [0.25, 0.3) is 0 Å². The average molecular weight is 232 g/mol. The van der Waals surface area contributed by atoms with Crippen molar-refractivity contribution in [3.63, 3.8) is 0 Å². The zero-order valence-electron chi connectivity index (χ0n) is 8.67. The molecule has 1 N–H and O–H groups in total. The minimum absolute atomic E-state index is 0.0832. The van der Waals surface area contributed by atoms with Gasteiger partial charge in [-0.2, -0.15) is 0 Å². The van der Waals surface area contributed by atoms with Crippen LogP contribution in [-0.2, 0) is 16.6 Å². The Hall–Kier alpha value is -1.15. The van der Waals surface area contributed by atoms with Gasteiger partial charge in [0.2, 0.25) is 5.16 Å². The van der Waals surface area contributed by atoms with Crippen molar-refractivity contribution in [2.45, 2.75) is 16.8 Å². The van der Waals surface area contributed by atoms with E-state index >= 15 is 0 Å². The fraction of sp³-hybridized carbons (Fsp3) is 0.714. The number of carboxylic acid groups (broad SMARTS) is 1. The number of nitrogens with zero attached hydrogens (tertiary/aromatic N) is 4. The Balaban J connectivity index is 2.84. The van der Waals surface area contributed by atoms with Gasteiger partial charge in [0.05, 0.1) is 6.61 Å². The molecule has 0 aromatic carbocycles. The minimum Gasteiger partial charge on any atom is -0.480 e. The van der Waals surface area contributed by atoms with Crippen LogP contribution in [0.2, 0.25) is 0 Å². The number of tetrazole rings is 1. The summed E-state index contributed by atoms with van der Waals surface area (Å²) in [7, 11) is 3.11. The quantitative estimate of drug-likeness (QED) is 0.702. The van der Waals surface area contributed by atoms with E-state index in [2.05, 4.69) is 15.5 Å². The number of aromatic nitrogens is 4. The molecule has 0 amide bonds. The van der Waals surface area contributed by atoms with Crippen LogP contribution in [-0.4, -0.2) is 49.7 Å². The summed E-state index contributed by atoms with van der Waals surface area (Å²) in [6.07, 6.45) is 0. The molecule has 15 heavy (non-hydrogen) atoms. The predicted octanol–water partition coefficient (Wildman–Crippen LogP) is -0.208. The standard InChI is InChI=1S/C7H12N4O3S/c1-7(4-14-3,5(12)13)15-6-8-9-10-11(6)2/h4H2,1-3H3,(H,12,13). The van der Waals surface area contributed by atoms with Crippen molar-refractivity contribution in [3.05, 3.63) is 0 Å². The highest BCUT2D eigenvalue weighted by Crippen LogP contribution is 2.31. The van der Waals surface area contributed by atoms with Gasteiger partial charge in [0.1, 0.15) is 4.75 Å². The Bertz CT molecular complexity index is 356. The van der Waals surface area contributed by atoms with Crippen LogP contribution in [0, 0.1) is 0 Å². The van der Waals surface area contributed by atoms with Crippen molar-refractivity contribution in [3.8, 4) is 0 Å². The van der Waals surface area contributed by atoms with E-state index in [-0.39, 0.29) is 6.61 Å². The zero-order valence-corrected chi connectivity index (χ0v) is 9.48. The highest BCUT2D eigenvalue weighted by Gasteiger charge is 2.36. The van der Waals surface area contributed by atoms with Gasteiger partial charge < -0.3 is 9.84 Å². The lowest BCUT2D eigenvalue weighted by atomic mass is 10.2. The van der Waals surface area contributed by atoms with Gasteiger partial charge in [0.25, 0.3) is 0 Å². The zero-order chi connectivity index (χ0) is 11.5. The van der Waals surface area contributed by atoms with Crippen LogP contribution in [0.1, 0.15) is 6.92 Å². The van der Waals surface area contributed by atoms with Crippen LogP contribution in [0.5, 0.6) is 0 Å².